The van der Waals surface area contributed by atoms with Gasteiger partial charge in [0.05, 0.1) is 12.6 Å². The lowest BCUT2D eigenvalue weighted by atomic mass is 10.1. The third kappa shape index (κ3) is 4.79. The third-order valence-corrected chi connectivity index (χ3v) is 3.64. The van der Waals surface area contributed by atoms with Crippen molar-refractivity contribution in [3.63, 3.8) is 0 Å². The van der Waals surface area contributed by atoms with E-state index in [1.165, 1.54) is 6.07 Å². The van der Waals surface area contributed by atoms with Crippen LogP contribution in [0.2, 0.25) is 0 Å². The number of carbonyl (C=O) groups is 1. The number of anilines is 1. The number of rotatable bonds is 7. The van der Waals surface area contributed by atoms with Gasteiger partial charge in [0.1, 0.15) is 5.82 Å². The predicted octanol–water partition coefficient (Wildman–Crippen LogP) is 2.94. The highest BCUT2D eigenvalue weighted by Gasteiger charge is 2.11. The lowest BCUT2D eigenvalue weighted by Gasteiger charge is -2.14. The lowest BCUT2D eigenvalue weighted by molar-refractivity contribution is 0.0915. The second-order valence-electron chi connectivity index (χ2n) is 5.28. The fraction of sp³-hybridized carbons (Fsp3) is 0.278. The summed E-state index contributed by atoms with van der Waals surface area (Å²) in [5.41, 5.74) is 1.91. The molecule has 5 heteroatoms. The van der Waals surface area contributed by atoms with Crippen LogP contribution in [0.1, 0.15) is 29.3 Å². The molecule has 0 aliphatic carbocycles. The molecule has 2 aromatic carbocycles. The Bertz CT molecular complexity index is 640. The van der Waals surface area contributed by atoms with Crippen molar-refractivity contribution in [2.75, 3.05) is 11.9 Å². The molecule has 0 aliphatic rings. The molecule has 0 aromatic heterocycles. The second-order valence-corrected chi connectivity index (χ2v) is 5.28. The molecular formula is C18H21FN2O2. The van der Waals surface area contributed by atoms with Crippen molar-refractivity contribution in [3.05, 3.63) is 65.5 Å². The Hall–Kier alpha value is -2.40. The molecule has 1 amide bonds. The van der Waals surface area contributed by atoms with E-state index in [-0.39, 0.29) is 24.4 Å². The fourth-order valence-electron chi connectivity index (χ4n) is 2.12. The zero-order valence-corrected chi connectivity index (χ0v) is 13.1. The number of amides is 1. The highest BCUT2D eigenvalue weighted by atomic mass is 19.1. The van der Waals surface area contributed by atoms with E-state index in [4.69, 9.17) is 5.11 Å². The molecule has 0 fully saturated rings. The van der Waals surface area contributed by atoms with Gasteiger partial charge >= 0.3 is 0 Å². The van der Waals surface area contributed by atoms with Crippen LogP contribution in [0.5, 0.6) is 0 Å². The number of hydrogen-bond donors (Lipinski definition) is 3. The van der Waals surface area contributed by atoms with Crippen molar-refractivity contribution in [1.29, 1.82) is 0 Å². The van der Waals surface area contributed by atoms with Gasteiger partial charge in [0.25, 0.3) is 5.91 Å². The van der Waals surface area contributed by atoms with Crippen LogP contribution in [0, 0.1) is 5.82 Å². The average Bonchev–Trinajstić information content (AvgIpc) is 2.59. The number of carbonyl (C=O) groups excluding carboxylic acids is 1. The number of aliphatic hydroxyl groups is 1. The summed E-state index contributed by atoms with van der Waals surface area (Å²) in [6, 6.07) is 13.3. The molecule has 1 unspecified atom stereocenters. The molecule has 0 bridgehead atoms. The number of aliphatic hydroxyl groups excluding tert-OH is 1. The first-order chi connectivity index (χ1) is 11.1. The molecule has 1 atom stereocenters. The molecule has 0 spiro atoms. The van der Waals surface area contributed by atoms with Gasteiger partial charge < -0.3 is 15.7 Å². The van der Waals surface area contributed by atoms with Crippen molar-refractivity contribution in [1.82, 2.24) is 5.32 Å². The van der Waals surface area contributed by atoms with Crippen molar-refractivity contribution in [2.45, 2.75) is 25.9 Å². The molecule has 122 valence electrons. The summed E-state index contributed by atoms with van der Waals surface area (Å²) in [5.74, 6) is -0.461. The molecule has 23 heavy (non-hydrogen) atoms. The summed E-state index contributed by atoms with van der Waals surface area (Å²) in [4.78, 5) is 12.0. The van der Waals surface area contributed by atoms with Crippen LogP contribution in [0.15, 0.2) is 48.5 Å². The maximum atomic E-state index is 13.5. The minimum absolute atomic E-state index is 0.0789. The van der Waals surface area contributed by atoms with Crippen molar-refractivity contribution >= 4 is 11.6 Å². The molecule has 2 aromatic rings. The van der Waals surface area contributed by atoms with Gasteiger partial charge in [-0.15, -0.1) is 0 Å². The lowest BCUT2D eigenvalue weighted by Crippen LogP contribution is -2.36. The number of halogens is 1. The zero-order chi connectivity index (χ0) is 16.7. The molecule has 3 N–H and O–H groups in total. The minimum atomic E-state index is -0.245. The van der Waals surface area contributed by atoms with E-state index < -0.39 is 0 Å². The first-order valence-corrected chi connectivity index (χ1v) is 7.63. The molecule has 0 saturated carbocycles. The third-order valence-electron chi connectivity index (χ3n) is 3.64. The van der Waals surface area contributed by atoms with E-state index in [0.29, 0.717) is 24.1 Å². The van der Waals surface area contributed by atoms with E-state index in [1.807, 2.05) is 6.92 Å². The van der Waals surface area contributed by atoms with Gasteiger partial charge in [0.15, 0.2) is 0 Å². The van der Waals surface area contributed by atoms with E-state index in [1.54, 1.807) is 42.5 Å². The maximum absolute atomic E-state index is 13.5. The van der Waals surface area contributed by atoms with Crippen LogP contribution < -0.4 is 10.6 Å². The summed E-state index contributed by atoms with van der Waals surface area (Å²) < 4.78 is 13.5. The van der Waals surface area contributed by atoms with Gasteiger partial charge in [0.2, 0.25) is 0 Å². The molecule has 0 saturated heterocycles. The first kappa shape index (κ1) is 17.0. The van der Waals surface area contributed by atoms with Crippen molar-refractivity contribution in [3.8, 4) is 0 Å². The molecule has 2 rings (SSSR count). The van der Waals surface area contributed by atoms with Crippen molar-refractivity contribution < 1.29 is 14.3 Å². The zero-order valence-electron chi connectivity index (χ0n) is 13.1. The van der Waals surface area contributed by atoms with Crippen LogP contribution in [-0.4, -0.2) is 23.7 Å². The summed E-state index contributed by atoms with van der Waals surface area (Å²) in [6.45, 7) is 2.20. The van der Waals surface area contributed by atoms with Crippen LogP contribution in [0.25, 0.3) is 0 Å². The standard InChI is InChI=1S/C18H21FN2O2/c1-2-15(12-22)21-18(23)13-7-9-16(10-8-13)20-11-14-5-3-4-6-17(14)19/h3-10,15,20,22H,2,11-12H2,1H3,(H,21,23). The SMILES string of the molecule is CCC(CO)NC(=O)c1ccc(NCc2ccccc2F)cc1. The van der Waals surface area contributed by atoms with Gasteiger partial charge in [-0.1, -0.05) is 25.1 Å². The quantitative estimate of drug-likeness (QED) is 0.736. The maximum Gasteiger partial charge on any atom is 0.251 e. The Kier molecular flexibility index (Phi) is 6.11. The molecule has 0 aliphatic heterocycles. The Morgan fingerprint density at radius 3 is 2.48 bits per heavy atom. The summed E-state index contributed by atoms with van der Waals surface area (Å²) >= 11 is 0. The molecule has 0 heterocycles. The van der Waals surface area contributed by atoms with Gasteiger partial charge in [0, 0.05) is 23.4 Å². The topological polar surface area (TPSA) is 61.4 Å². The average molecular weight is 316 g/mol. The Labute approximate surface area is 135 Å². The summed E-state index contributed by atoms with van der Waals surface area (Å²) in [5, 5.41) is 15.0. The molecule has 0 radical (unpaired) electrons. The smallest absolute Gasteiger partial charge is 0.251 e. The van der Waals surface area contributed by atoms with Gasteiger partial charge in [-0.3, -0.25) is 4.79 Å². The summed E-state index contributed by atoms with van der Waals surface area (Å²) in [7, 11) is 0. The normalized spacial score (nSPS) is 11.8. The number of benzene rings is 2. The van der Waals surface area contributed by atoms with E-state index in [9.17, 15) is 9.18 Å². The number of hydrogen-bond acceptors (Lipinski definition) is 3. The predicted molar refractivity (Wildman–Crippen MR) is 88.8 cm³/mol. The largest absolute Gasteiger partial charge is 0.394 e. The minimum Gasteiger partial charge on any atom is -0.394 e. The van der Waals surface area contributed by atoms with Crippen molar-refractivity contribution in [2.24, 2.45) is 0 Å². The van der Waals surface area contributed by atoms with E-state index >= 15 is 0 Å². The van der Waals surface area contributed by atoms with Crippen LogP contribution in [0.3, 0.4) is 0 Å². The monoisotopic (exact) mass is 316 g/mol. The molecular weight excluding hydrogens is 295 g/mol. The van der Waals surface area contributed by atoms with Crippen LogP contribution in [-0.2, 0) is 6.54 Å². The highest BCUT2D eigenvalue weighted by molar-refractivity contribution is 5.94. The van der Waals surface area contributed by atoms with Gasteiger partial charge in [-0.25, -0.2) is 4.39 Å². The van der Waals surface area contributed by atoms with Gasteiger partial charge in [-0.05, 0) is 36.8 Å². The Balaban J connectivity index is 1.94. The van der Waals surface area contributed by atoms with Gasteiger partial charge in [-0.2, -0.15) is 0 Å². The first-order valence-electron chi connectivity index (χ1n) is 7.63. The summed E-state index contributed by atoms with van der Waals surface area (Å²) in [6.07, 6.45) is 0.671. The molecule has 4 nitrogen and oxygen atoms in total. The van der Waals surface area contributed by atoms with E-state index in [0.717, 1.165) is 5.69 Å². The highest BCUT2D eigenvalue weighted by Crippen LogP contribution is 2.13. The number of nitrogens with one attached hydrogen (secondary N) is 2. The Morgan fingerprint density at radius 2 is 1.87 bits per heavy atom. The Morgan fingerprint density at radius 1 is 1.17 bits per heavy atom. The fourth-order valence-corrected chi connectivity index (χ4v) is 2.12. The second kappa shape index (κ2) is 8.29. The van der Waals surface area contributed by atoms with Crippen LogP contribution >= 0.6 is 0 Å². The van der Waals surface area contributed by atoms with Crippen LogP contribution in [0.4, 0.5) is 10.1 Å². The van der Waals surface area contributed by atoms with E-state index in [2.05, 4.69) is 10.6 Å².